The second-order valence-corrected chi connectivity index (χ2v) is 7.95. The SMILES string of the molecule is CCN(CC)CCCC(C)NC(=NC)NCc1ccnc(N2CCN(C)CC2)c1.I. The van der Waals surface area contributed by atoms with Gasteiger partial charge in [0.1, 0.15) is 5.82 Å². The van der Waals surface area contributed by atoms with Gasteiger partial charge in [-0.2, -0.15) is 0 Å². The number of likely N-dealkylation sites (N-methyl/N-ethyl adjacent to an activating group) is 1. The number of hydrogen-bond donors (Lipinski definition) is 2. The van der Waals surface area contributed by atoms with E-state index in [1.54, 1.807) is 0 Å². The van der Waals surface area contributed by atoms with Gasteiger partial charge in [-0.15, -0.1) is 24.0 Å². The molecule has 8 heteroatoms. The molecular formula is C22H42IN7. The number of hydrogen-bond acceptors (Lipinski definition) is 5. The van der Waals surface area contributed by atoms with Crippen molar-refractivity contribution in [2.75, 3.05) is 64.8 Å². The Hall–Kier alpha value is -1.13. The third-order valence-corrected chi connectivity index (χ3v) is 5.71. The van der Waals surface area contributed by atoms with Gasteiger partial charge in [-0.1, -0.05) is 13.8 Å². The number of rotatable bonds is 10. The number of piperazine rings is 1. The maximum absolute atomic E-state index is 4.58. The minimum Gasteiger partial charge on any atom is -0.354 e. The summed E-state index contributed by atoms with van der Waals surface area (Å²) in [5.74, 6) is 1.93. The molecule has 30 heavy (non-hydrogen) atoms. The van der Waals surface area contributed by atoms with Crippen molar-refractivity contribution < 1.29 is 0 Å². The van der Waals surface area contributed by atoms with Crippen LogP contribution < -0.4 is 15.5 Å². The third kappa shape index (κ3) is 9.34. The zero-order valence-electron chi connectivity index (χ0n) is 19.5. The van der Waals surface area contributed by atoms with E-state index in [-0.39, 0.29) is 24.0 Å². The molecule has 1 fully saturated rings. The highest BCUT2D eigenvalue weighted by atomic mass is 127. The van der Waals surface area contributed by atoms with Gasteiger partial charge < -0.3 is 25.3 Å². The summed E-state index contributed by atoms with van der Waals surface area (Å²) in [5, 5.41) is 6.97. The lowest BCUT2D eigenvalue weighted by molar-refractivity contribution is 0.292. The maximum atomic E-state index is 4.58. The van der Waals surface area contributed by atoms with Crippen LogP contribution in [0.3, 0.4) is 0 Å². The maximum Gasteiger partial charge on any atom is 0.191 e. The van der Waals surface area contributed by atoms with Crippen molar-refractivity contribution in [2.24, 2.45) is 4.99 Å². The summed E-state index contributed by atoms with van der Waals surface area (Å²) in [5.41, 5.74) is 1.23. The first-order chi connectivity index (χ1) is 14.0. The van der Waals surface area contributed by atoms with Gasteiger partial charge in [0.15, 0.2) is 5.96 Å². The van der Waals surface area contributed by atoms with Crippen LogP contribution >= 0.6 is 24.0 Å². The molecule has 1 aromatic rings. The Morgan fingerprint density at radius 1 is 1.23 bits per heavy atom. The number of anilines is 1. The van der Waals surface area contributed by atoms with Gasteiger partial charge in [0, 0.05) is 52.0 Å². The Kier molecular flexibility index (Phi) is 13.3. The number of guanidine groups is 1. The largest absolute Gasteiger partial charge is 0.354 e. The quantitative estimate of drug-likeness (QED) is 0.275. The predicted molar refractivity (Wildman–Crippen MR) is 139 cm³/mol. The minimum atomic E-state index is 0. The van der Waals surface area contributed by atoms with Crippen molar-refractivity contribution in [3.05, 3.63) is 23.9 Å². The van der Waals surface area contributed by atoms with E-state index in [0.29, 0.717) is 6.04 Å². The summed E-state index contributed by atoms with van der Waals surface area (Å²) in [7, 11) is 4.01. The molecule has 172 valence electrons. The Balaban J connectivity index is 0.00000450. The highest BCUT2D eigenvalue weighted by Crippen LogP contribution is 2.14. The first kappa shape index (κ1) is 26.9. The smallest absolute Gasteiger partial charge is 0.191 e. The molecule has 2 heterocycles. The van der Waals surface area contributed by atoms with Crippen LogP contribution in [0.1, 0.15) is 39.2 Å². The fourth-order valence-corrected chi connectivity index (χ4v) is 3.63. The first-order valence-corrected chi connectivity index (χ1v) is 11.1. The average Bonchev–Trinajstić information content (AvgIpc) is 2.75. The molecule has 0 aromatic carbocycles. The monoisotopic (exact) mass is 531 g/mol. The van der Waals surface area contributed by atoms with E-state index >= 15 is 0 Å². The lowest BCUT2D eigenvalue weighted by Crippen LogP contribution is -2.45. The van der Waals surface area contributed by atoms with E-state index in [1.807, 2.05) is 13.2 Å². The number of aromatic nitrogens is 1. The fourth-order valence-electron chi connectivity index (χ4n) is 3.63. The Labute approximate surface area is 200 Å². The standard InChI is InChI=1S/C22H41N7.HI/c1-6-28(7-2)12-8-9-19(3)26-22(23-4)25-18-20-10-11-24-21(17-20)29-15-13-27(5)14-16-29;/h10-11,17,19H,6-9,12-16,18H2,1-5H3,(H2,23,25,26);1H. The van der Waals surface area contributed by atoms with E-state index in [2.05, 4.69) is 75.3 Å². The van der Waals surface area contributed by atoms with E-state index < -0.39 is 0 Å². The zero-order chi connectivity index (χ0) is 21.1. The molecule has 0 spiro atoms. The molecule has 0 aliphatic carbocycles. The minimum absolute atomic E-state index is 0. The summed E-state index contributed by atoms with van der Waals surface area (Å²) in [4.78, 5) is 16.2. The van der Waals surface area contributed by atoms with Crippen LogP contribution in [0.25, 0.3) is 0 Å². The van der Waals surface area contributed by atoms with Crippen molar-refractivity contribution in [3.63, 3.8) is 0 Å². The summed E-state index contributed by atoms with van der Waals surface area (Å²) in [6.07, 6.45) is 4.25. The summed E-state index contributed by atoms with van der Waals surface area (Å²) < 4.78 is 0. The second kappa shape index (κ2) is 14.8. The van der Waals surface area contributed by atoms with Crippen molar-refractivity contribution in [1.29, 1.82) is 0 Å². The topological polar surface area (TPSA) is 59.0 Å². The Bertz CT molecular complexity index is 613. The molecule has 0 bridgehead atoms. The van der Waals surface area contributed by atoms with Crippen LogP contribution in [0.5, 0.6) is 0 Å². The van der Waals surface area contributed by atoms with E-state index in [9.17, 15) is 0 Å². The van der Waals surface area contributed by atoms with Gasteiger partial charge in [0.2, 0.25) is 0 Å². The van der Waals surface area contributed by atoms with Crippen LogP contribution in [0.15, 0.2) is 23.3 Å². The van der Waals surface area contributed by atoms with Gasteiger partial charge in [-0.3, -0.25) is 4.99 Å². The molecular weight excluding hydrogens is 489 g/mol. The van der Waals surface area contributed by atoms with Crippen LogP contribution in [-0.2, 0) is 6.54 Å². The number of nitrogens with one attached hydrogen (secondary N) is 2. The number of halogens is 1. The normalized spacial score (nSPS) is 16.3. The van der Waals surface area contributed by atoms with Gasteiger partial charge in [-0.05, 0) is 64.1 Å². The molecule has 1 aromatic heterocycles. The Morgan fingerprint density at radius 3 is 2.57 bits per heavy atom. The molecule has 2 N–H and O–H groups in total. The van der Waals surface area contributed by atoms with Crippen molar-refractivity contribution >= 4 is 35.8 Å². The predicted octanol–water partition coefficient (Wildman–Crippen LogP) is 2.63. The van der Waals surface area contributed by atoms with Crippen LogP contribution in [0.4, 0.5) is 5.82 Å². The highest BCUT2D eigenvalue weighted by Gasteiger charge is 2.15. The first-order valence-electron chi connectivity index (χ1n) is 11.1. The second-order valence-electron chi connectivity index (χ2n) is 7.95. The average molecular weight is 532 g/mol. The molecule has 1 saturated heterocycles. The van der Waals surface area contributed by atoms with Crippen LogP contribution in [0.2, 0.25) is 0 Å². The molecule has 1 unspecified atom stereocenters. The molecule has 1 atom stereocenters. The van der Waals surface area contributed by atoms with Gasteiger partial charge in [0.25, 0.3) is 0 Å². The summed E-state index contributed by atoms with van der Waals surface area (Å²) >= 11 is 0. The molecule has 1 aliphatic rings. The van der Waals surface area contributed by atoms with Crippen molar-refractivity contribution in [3.8, 4) is 0 Å². The molecule has 2 rings (SSSR count). The zero-order valence-corrected chi connectivity index (χ0v) is 21.9. The third-order valence-electron chi connectivity index (χ3n) is 5.71. The van der Waals surface area contributed by atoms with Gasteiger partial charge in [0.05, 0.1) is 0 Å². The molecule has 1 aliphatic heterocycles. The lowest BCUT2D eigenvalue weighted by atomic mass is 10.2. The number of nitrogens with zero attached hydrogens (tertiary/aromatic N) is 5. The molecule has 0 saturated carbocycles. The van der Waals surface area contributed by atoms with E-state index in [4.69, 9.17) is 0 Å². The number of pyridine rings is 1. The molecule has 7 nitrogen and oxygen atoms in total. The Morgan fingerprint density at radius 2 is 1.93 bits per heavy atom. The fraction of sp³-hybridized carbons (Fsp3) is 0.727. The lowest BCUT2D eigenvalue weighted by Gasteiger charge is -2.33. The van der Waals surface area contributed by atoms with Crippen LogP contribution in [0, 0.1) is 0 Å². The van der Waals surface area contributed by atoms with Gasteiger partial charge in [-0.25, -0.2) is 4.98 Å². The van der Waals surface area contributed by atoms with Crippen LogP contribution in [-0.4, -0.2) is 86.7 Å². The summed E-state index contributed by atoms with van der Waals surface area (Å²) in [6, 6.07) is 4.67. The van der Waals surface area contributed by atoms with Gasteiger partial charge >= 0.3 is 0 Å². The molecule has 0 radical (unpaired) electrons. The van der Waals surface area contributed by atoms with E-state index in [0.717, 1.165) is 70.6 Å². The van der Waals surface area contributed by atoms with Crippen molar-refractivity contribution in [1.82, 2.24) is 25.4 Å². The summed E-state index contributed by atoms with van der Waals surface area (Å²) in [6.45, 7) is 15.1. The van der Waals surface area contributed by atoms with Crippen molar-refractivity contribution in [2.45, 2.75) is 46.2 Å². The highest BCUT2D eigenvalue weighted by molar-refractivity contribution is 14.0. The number of aliphatic imine (C=N–C) groups is 1. The van der Waals surface area contributed by atoms with E-state index in [1.165, 1.54) is 12.0 Å². The molecule has 0 amide bonds.